The van der Waals surface area contributed by atoms with E-state index < -0.39 is 11.6 Å². The molecule has 1 atom stereocenters. The molecule has 3 heteroatoms. The lowest BCUT2D eigenvalue weighted by Crippen LogP contribution is -2.03. The Labute approximate surface area is 154 Å². The summed E-state index contributed by atoms with van der Waals surface area (Å²) in [7, 11) is 0. The molecule has 26 heavy (non-hydrogen) atoms. The average Bonchev–Trinajstić information content (AvgIpc) is 2.69. The van der Waals surface area contributed by atoms with Crippen LogP contribution >= 0.6 is 0 Å². The smallest absolute Gasteiger partial charge is 0.201 e. The maximum atomic E-state index is 14.4. The highest BCUT2D eigenvalue weighted by Crippen LogP contribution is 2.34. The molecule has 0 radical (unpaired) electrons. The number of halogens is 2. The zero-order chi connectivity index (χ0) is 18.5. The molecular weight excluding hydrogens is 330 g/mol. The quantitative estimate of drug-likeness (QED) is 0.519. The van der Waals surface area contributed by atoms with Gasteiger partial charge in [-0.25, -0.2) is 4.39 Å². The van der Waals surface area contributed by atoms with E-state index >= 15 is 0 Å². The van der Waals surface area contributed by atoms with Gasteiger partial charge >= 0.3 is 0 Å². The van der Waals surface area contributed by atoms with E-state index in [0.717, 1.165) is 24.3 Å². The van der Waals surface area contributed by atoms with Gasteiger partial charge in [0.1, 0.15) is 0 Å². The molecule has 0 spiro atoms. The molecular formula is C23H24F2O. The van der Waals surface area contributed by atoms with Gasteiger partial charge < -0.3 is 4.74 Å². The highest BCUT2D eigenvalue weighted by molar-refractivity contribution is 5.71. The Hall–Kier alpha value is -2.42. The van der Waals surface area contributed by atoms with Gasteiger partial charge in [-0.1, -0.05) is 49.8 Å². The standard InChI is InChI=1S/C23H24F2O/c1-3-15-26-21-14-13-20(22(24)23(21)25)19-11-9-18(10-12-19)17-7-5-16(4-2)6-8-17/h3,7,9-16H,4-6,8H2,1-2H3. The third-order valence-corrected chi connectivity index (χ3v) is 5.04. The molecule has 0 aromatic heterocycles. The first-order valence-electron chi connectivity index (χ1n) is 9.19. The van der Waals surface area contributed by atoms with Crippen LogP contribution in [0.5, 0.6) is 5.75 Å². The molecule has 0 amide bonds. The number of rotatable bonds is 5. The molecule has 0 heterocycles. The van der Waals surface area contributed by atoms with Crippen LogP contribution in [0.3, 0.4) is 0 Å². The lowest BCUT2D eigenvalue weighted by molar-refractivity contribution is 0.415. The van der Waals surface area contributed by atoms with E-state index in [9.17, 15) is 8.78 Å². The molecule has 0 fully saturated rings. The summed E-state index contributed by atoms with van der Waals surface area (Å²) in [5.74, 6) is -1.18. The molecule has 2 aromatic rings. The van der Waals surface area contributed by atoms with Gasteiger partial charge in [0, 0.05) is 5.56 Å². The van der Waals surface area contributed by atoms with Gasteiger partial charge in [0.25, 0.3) is 0 Å². The van der Waals surface area contributed by atoms with E-state index in [0.29, 0.717) is 5.56 Å². The van der Waals surface area contributed by atoms with Gasteiger partial charge in [0.2, 0.25) is 5.82 Å². The van der Waals surface area contributed by atoms with Gasteiger partial charge in [0.15, 0.2) is 11.6 Å². The molecule has 0 N–H and O–H groups in total. The average molecular weight is 354 g/mol. The van der Waals surface area contributed by atoms with Crippen LogP contribution in [0, 0.1) is 17.6 Å². The van der Waals surface area contributed by atoms with Crippen molar-refractivity contribution in [3.8, 4) is 16.9 Å². The van der Waals surface area contributed by atoms with Crippen molar-refractivity contribution in [2.75, 3.05) is 0 Å². The first-order valence-corrected chi connectivity index (χ1v) is 9.19. The Morgan fingerprint density at radius 2 is 1.77 bits per heavy atom. The number of hydrogen-bond donors (Lipinski definition) is 0. The highest BCUT2D eigenvalue weighted by Gasteiger charge is 2.17. The van der Waals surface area contributed by atoms with Crippen LogP contribution in [0.25, 0.3) is 16.7 Å². The Balaban J connectivity index is 1.83. The largest absolute Gasteiger partial charge is 0.462 e. The molecule has 1 aliphatic carbocycles. The predicted molar refractivity (Wildman–Crippen MR) is 103 cm³/mol. The van der Waals surface area contributed by atoms with Crippen LogP contribution in [0.4, 0.5) is 8.78 Å². The summed E-state index contributed by atoms with van der Waals surface area (Å²) >= 11 is 0. The van der Waals surface area contributed by atoms with Gasteiger partial charge in [-0.3, -0.25) is 0 Å². The van der Waals surface area contributed by atoms with E-state index in [2.05, 4.69) is 13.0 Å². The number of allylic oxidation sites excluding steroid dienone is 3. The third-order valence-electron chi connectivity index (χ3n) is 5.04. The second-order valence-electron chi connectivity index (χ2n) is 6.68. The number of benzene rings is 2. The monoisotopic (exact) mass is 354 g/mol. The normalized spacial score (nSPS) is 17.4. The van der Waals surface area contributed by atoms with E-state index in [4.69, 9.17) is 4.74 Å². The zero-order valence-corrected chi connectivity index (χ0v) is 15.3. The van der Waals surface area contributed by atoms with Crippen LogP contribution in [0.15, 0.2) is 54.8 Å². The van der Waals surface area contributed by atoms with E-state index in [-0.39, 0.29) is 11.3 Å². The van der Waals surface area contributed by atoms with Crippen molar-refractivity contribution >= 4 is 5.57 Å². The van der Waals surface area contributed by atoms with E-state index in [1.807, 2.05) is 24.3 Å². The summed E-state index contributed by atoms with van der Waals surface area (Å²) < 4.78 is 33.7. The maximum Gasteiger partial charge on any atom is 0.201 e. The summed E-state index contributed by atoms with van der Waals surface area (Å²) in [4.78, 5) is 0. The van der Waals surface area contributed by atoms with Crippen LogP contribution in [0.1, 0.15) is 45.1 Å². The Bertz CT molecular complexity index is 819. The minimum Gasteiger partial charge on any atom is -0.462 e. The minimum absolute atomic E-state index is 0.112. The van der Waals surface area contributed by atoms with Crippen molar-refractivity contribution in [3.05, 3.63) is 72.0 Å². The fourth-order valence-electron chi connectivity index (χ4n) is 3.37. The Morgan fingerprint density at radius 3 is 2.38 bits per heavy atom. The fraction of sp³-hybridized carbons (Fsp3) is 0.304. The van der Waals surface area contributed by atoms with E-state index in [1.54, 1.807) is 19.1 Å². The van der Waals surface area contributed by atoms with Crippen molar-refractivity contribution < 1.29 is 13.5 Å². The van der Waals surface area contributed by atoms with Gasteiger partial charge in [-0.2, -0.15) is 4.39 Å². The number of hydrogen-bond acceptors (Lipinski definition) is 1. The molecule has 2 aromatic carbocycles. The predicted octanol–water partition coefficient (Wildman–Crippen LogP) is 7.14. The van der Waals surface area contributed by atoms with Gasteiger partial charge in [0.05, 0.1) is 6.26 Å². The van der Waals surface area contributed by atoms with Crippen LogP contribution in [-0.2, 0) is 0 Å². The Kier molecular flexibility index (Phi) is 5.87. The van der Waals surface area contributed by atoms with Crippen molar-refractivity contribution in [2.45, 2.75) is 39.5 Å². The second-order valence-corrected chi connectivity index (χ2v) is 6.68. The topological polar surface area (TPSA) is 9.23 Å². The van der Waals surface area contributed by atoms with Crippen molar-refractivity contribution in [1.29, 1.82) is 0 Å². The summed E-state index contributed by atoms with van der Waals surface area (Å²) in [6.45, 7) is 3.98. The summed E-state index contributed by atoms with van der Waals surface area (Å²) in [5, 5.41) is 0. The molecule has 1 nitrogen and oxygen atoms in total. The SMILES string of the molecule is CC=COc1ccc(-c2ccc(C3=CCC(CC)CC3)cc2)c(F)c1F. The van der Waals surface area contributed by atoms with Crippen molar-refractivity contribution in [3.63, 3.8) is 0 Å². The first-order chi connectivity index (χ1) is 12.6. The van der Waals surface area contributed by atoms with Crippen molar-refractivity contribution in [1.82, 2.24) is 0 Å². The molecule has 0 saturated heterocycles. The van der Waals surface area contributed by atoms with Crippen LogP contribution < -0.4 is 4.74 Å². The maximum absolute atomic E-state index is 14.4. The first kappa shape index (κ1) is 18.4. The van der Waals surface area contributed by atoms with Crippen LogP contribution in [0.2, 0.25) is 0 Å². The molecule has 0 saturated carbocycles. The lowest BCUT2D eigenvalue weighted by atomic mass is 9.85. The van der Waals surface area contributed by atoms with E-state index in [1.165, 1.54) is 30.7 Å². The molecule has 136 valence electrons. The number of ether oxygens (including phenoxy) is 1. The zero-order valence-electron chi connectivity index (χ0n) is 15.3. The third kappa shape index (κ3) is 3.87. The minimum atomic E-state index is -0.967. The summed E-state index contributed by atoms with van der Waals surface area (Å²) in [6, 6.07) is 10.7. The van der Waals surface area contributed by atoms with Crippen LogP contribution in [-0.4, -0.2) is 0 Å². The van der Waals surface area contributed by atoms with Gasteiger partial charge in [-0.15, -0.1) is 0 Å². The summed E-state index contributed by atoms with van der Waals surface area (Å²) in [6.07, 6.45) is 9.91. The molecule has 0 aliphatic heterocycles. The fourth-order valence-corrected chi connectivity index (χ4v) is 3.37. The molecule has 0 bridgehead atoms. The second kappa shape index (κ2) is 8.31. The molecule has 1 aliphatic rings. The van der Waals surface area contributed by atoms with Crippen molar-refractivity contribution in [2.24, 2.45) is 5.92 Å². The highest BCUT2D eigenvalue weighted by atomic mass is 19.2. The molecule has 3 rings (SSSR count). The van der Waals surface area contributed by atoms with Gasteiger partial charge in [-0.05, 0) is 60.9 Å². The lowest BCUT2D eigenvalue weighted by Gasteiger charge is -2.21. The summed E-state index contributed by atoms with van der Waals surface area (Å²) in [5.41, 5.74) is 3.41. The molecule has 1 unspecified atom stereocenters. The Morgan fingerprint density at radius 1 is 1.04 bits per heavy atom.